The summed E-state index contributed by atoms with van der Waals surface area (Å²) in [6.07, 6.45) is 2.55. The van der Waals surface area contributed by atoms with Crippen molar-refractivity contribution in [2.24, 2.45) is 0 Å². The van der Waals surface area contributed by atoms with Gasteiger partial charge in [-0.15, -0.1) is 5.10 Å². The third-order valence-corrected chi connectivity index (χ3v) is 3.81. The van der Waals surface area contributed by atoms with Crippen molar-refractivity contribution in [1.82, 2.24) is 14.6 Å². The predicted molar refractivity (Wildman–Crippen MR) is 88.1 cm³/mol. The van der Waals surface area contributed by atoms with E-state index in [4.69, 9.17) is 5.11 Å². The van der Waals surface area contributed by atoms with Gasteiger partial charge in [-0.3, -0.25) is 0 Å². The van der Waals surface area contributed by atoms with Gasteiger partial charge in [0.25, 0.3) is 0 Å². The van der Waals surface area contributed by atoms with E-state index in [9.17, 15) is 0 Å². The van der Waals surface area contributed by atoms with Crippen molar-refractivity contribution in [3.63, 3.8) is 0 Å². The maximum Gasteiger partial charge on any atom is 0.154 e. The van der Waals surface area contributed by atoms with Gasteiger partial charge in [-0.25, -0.2) is 9.50 Å². The van der Waals surface area contributed by atoms with E-state index in [2.05, 4.69) is 47.4 Å². The lowest BCUT2D eigenvalue weighted by Crippen LogP contribution is -2.07. The molecule has 5 heteroatoms. The molecule has 0 saturated carbocycles. The smallest absolute Gasteiger partial charge is 0.154 e. The molecule has 3 rings (SSSR count). The average Bonchev–Trinajstić information content (AvgIpc) is 2.93. The van der Waals surface area contributed by atoms with Crippen LogP contribution in [0, 0.1) is 13.8 Å². The molecule has 3 aromatic rings. The molecular weight excluding hydrogens is 276 g/mol. The van der Waals surface area contributed by atoms with Crippen LogP contribution < -0.4 is 5.32 Å². The number of rotatable bonds is 5. The molecular formula is C17H20N4O. The fourth-order valence-corrected chi connectivity index (χ4v) is 2.36. The van der Waals surface area contributed by atoms with Gasteiger partial charge >= 0.3 is 0 Å². The normalized spacial score (nSPS) is 11.0. The van der Waals surface area contributed by atoms with E-state index in [-0.39, 0.29) is 6.61 Å². The minimum atomic E-state index is 0.175. The number of hydrogen-bond donors (Lipinski definition) is 2. The highest BCUT2D eigenvalue weighted by Crippen LogP contribution is 2.23. The maximum atomic E-state index is 8.85. The molecule has 2 N–H and O–H groups in total. The van der Waals surface area contributed by atoms with Crippen molar-refractivity contribution < 1.29 is 5.11 Å². The van der Waals surface area contributed by atoms with Crippen LogP contribution >= 0.6 is 0 Å². The van der Waals surface area contributed by atoms with Crippen LogP contribution in [0.1, 0.15) is 17.5 Å². The Morgan fingerprint density at radius 3 is 2.77 bits per heavy atom. The fraction of sp³-hybridized carbons (Fsp3) is 0.294. The number of nitrogens with zero attached hydrogens (tertiary/aromatic N) is 3. The molecule has 1 aromatic carbocycles. The van der Waals surface area contributed by atoms with E-state index >= 15 is 0 Å². The molecule has 22 heavy (non-hydrogen) atoms. The van der Waals surface area contributed by atoms with Crippen LogP contribution in [0.15, 0.2) is 36.5 Å². The summed E-state index contributed by atoms with van der Waals surface area (Å²) >= 11 is 0. The Bertz CT molecular complexity index is 794. The number of aliphatic hydroxyl groups is 1. The number of fused-ring (bicyclic) bond motifs is 1. The zero-order chi connectivity index (χ0) is 15.5. The van der Waals surface area contributed by atoms with Crippen LogP contribution in [-0.4, -0.2) is 32.9 Å². The summed E-state index contributed by atoms with van der Waals surface area (Å²) < 4.78 is 1.85. The van der Waals surface area contributed by atoms with Gasteiger partial charge in [-0.2, -0.15) is 0 Å². The number of benzene rings is 1. The second kappa shape index (κ2) is 6.15. The summed E-state index contributed by atoms with van der Waals surface area (Å²) in [6, 6.07) is 10.2. The van der Waals surface area contributed by atoms with Gasteiger partial charge in [0.15, 0.2) is 5.65 Å². The first-order valence-electron chi connectivity index (χ1n) is 7.46. The van der Waals surface area contributed by atoms with Gasteiger partial charge in [0, 0.05) is 18.7 Å². The number of imidazole rings is 1. The first-order valence-corrected chi connectivity index (χ1v) is 7.46. The summed E-state index contributed by atoms with van der Waals surface area (Å²) in [5, 5.41) is 16.7. The minimum absolute atomic E-state index is 0.175. The molecule has 2 heterocycles. The summed E-state index contributed by atoms with van der Waals surface area (Å²) in [6.45, 7) is 5.09. The van der Waals surface area contributed by atoms with Crippen LogP contribution in [0.2, 0.25) is 0 Å². The van der Waals surface area contributed by atoms with E-state index in [1.165, 1.54) is 11.1 Å². The zero-order valence-electron chi connectivity index (χ0n) is 12.9. The van der Waals surface area contributed by atoms with Crippen LogP contribution in [0.5, 0.6) is 0 Å². The topological polar surface area (TPSA) is 62.5 Å². The van der Waals surface area contributed by atoms with Crippen molar-refractivity contribution >= 4 is 11.5 Å². The van der Waals surface area contributed by atoms with Gasteiger partial charge in [0.05, 0.1) is 11.9 Å². The highest BCUT2D eigenvalue weighted by molar-refractivity contribution is 5.64. The molecule has 114 valence electrons. The number of aromatic nitrogens is 3. The lowest BCUT2D eigenvalue weighted by molar-refractivity contribution is 0.292. The molecule has 0 atom stereocenters. The summed E-state index contributed by atoms with van der Waals surface area (Å²) in [7, 11) is 0. The van der Waals surface area contributed by atoms with Gasteiger partial charge in [-0.1, -0.05) is 12.1 Å². The Hall–Kier alpha value is -2.40. The summed E-state index contributed by atoms with van der Waals surface area (Å²) in [5.74, 6) is 0.782. The van der Waals surface area contributed by atoms with Crippen molar-refractivity contribution in [1.29, 1.82) is 0 Å². The molecule has 2 aromatic heterocycles. The van der Waals surface area contributed by atoms with Gasteiger partial charge in [-0.05, 0) is 49.6 Å². The highest BCUT2D eigenvalue weighted by Gasteiger charge is 2.08. The second-order valence-corrected chi connectivity index (χ2v) is 5.43. The molecule has 0 bridgehead atoms. The highest BCUT2D eigenvalue weighted by atomic mass is 16.3. The zero-order valence-corrected chi connectivity index (χ0v) is 12.9. The molecule has 0 aliphatic heterocycles. The lowest BCUT2D eigenvalue weighted by Gasteiger charge is -2.07. The van der Waals surface area contributed by atoms with Gasteiger partial charge in [0.1, 0.15) is 5.82 Å². The molecule has 0 spiro atoms. The number of aliphatic hydroxyl groups excluding tert-OH is 1. The lowest BCUT2D eigenvalue weighted by atomic mass is 10.0. The molecule has 0 fully saturated rings. The minimum Gasteiger partial charge on any atom is -0.396 e. The molecule has 0 aliphatic carbocycles. The Morgan fingerprint density at radius 1 is 1.14 bits per heavy atom. The molecule has 0 amide bonds. The Labute approximate surface area is 129 Å². The van der Waals surface area contributed by atoms with Gasteiger partial charge in [0.2, 0.25) is 0 Å². The molecule has 0 saturated heterocycles. The third-order valence-electron chi connectivity index (χ3n) is 3.81. The molecule has 0 radical (unpaired) electrons. The van der Waals surface area contributed by atoms with Crippen LogP contribution in [0.4, 0.5) is 5.82 Å². The van der Waals surface area contributed by atoms with E-state index < -0.39 is 0 Å². The van der Waals surface area contributed by atoms with Crippen LogP contribution in [-0.2, 0) is 0 Å². The predicted octanol–water partition coefficient (Wildman–Crippen LogP) is 2.81. The van der Waals surface area contributed by atoms with Crippen molar-refractivity contribution in [3.05, 3.63) is 47.7 Å². The molecule has 0 unspecified atom stereocenters. The molecule has 5 nitrogen and oxygen atoms in total. The van der Waals surface area contributed by atoms with E-state index in [1.54, 1.807) is 0 Å². The van der Waals surface area contributed by atoms with Crippen molar-refractivity contribution in [3.8, 4) is 11.3 Å². The van der Waals surface area contributed by atoms with Crippen LogP contribution in [0.3, 0.4) is 0 Å². The average molecular weight is 296 g/mol. The number of nitrogens with one attached hydrogen (secondary N) is 1. The Balaban J connectivity index is 1.98. The standard InChI is InChI=1S/C17H20N4O/c1-12-4-5-14(10-13(12)2)15-11-19-17-7-6-16(20-21(15)17)18-8-3-9-22/h4-7,10-11,22H,3,8-9H2,1-2H3,(H,18,20). The van der Waals surface area contributed by atoms with Gasteiger partial charge < -0.3 is 10.4 Å². The second-order valence-electron chi connectivity index (χ2n) is 5.43. The Kier molecular flexibility index (Phi) is 4.06. The molecule has 0 aliphatic rings. The van der Waals surface area contributed by atoms with E-state index in [0.29, 0.717) is 13.0 Å². The first-order chi connectivity index (χ1) is 10.7. The van der Waals surface area contributed by atoms with E-state index in [0.717, 1.165) is 22.7 Å². The van der Waals surface area contributed by atoms with Crippen molar-refractivity contribution in [2.75, 3.05) is 18.5 Å². The number of aryl methyl sites for hydroxylation is 2. The fourth-order valence-electron chi connectivity index (χ4n) is 2.36. The van der Waals surface area contributed by atoms with Crippen LogP contribution in [0.25, 0.3) is 16.9 Å². The van der Waals surface area contributed by atoms with Crippen molar-refractivity contribution in [2.45, 2.75) is 20.3 Å². The summed E-state index contributed by atoms with van der Waals surface area (Å²) in [4.78, 5) is 4.42. The Morgan fingerprint density at radius 2 is 2.00 bits per heavy atom. The number of hydrogen-bond acceptors (Lipinski definition) is 4. The largest absolute Gasteiger partial charge is 0.396 e. The number of anilines is 1. The maximum absolute atomic E-state index is 8.85. The van der Waals surface area contributed by atoms with E-state index in [1.807, 2.05) is 22.8 Å². The SMILES string of the molecule is Cc1ccc(-c2cnc3ccc(NCCCO)nn23)cc1C. The monoisotopic (exact) mass is 296 g/mol. The summed E-state index contributed by atoms with van der Waals surface area (Å²) in [5.41, 5.74) is 5.43. The quantitative estimate of drug-likeness (QED) is 0.711. The third kappa shape index (κ3) is 2.80. The first kappa shape index (κ1) is 14.5.